The number of oxime groups is 1. The summed E-state index contributed by atoms with van der Waals surface area (Å²) in [7, 11) is 3.02. The Morgan fingerprint density at radius 1 is 0.909 bits per heavy atom. The van der Waals surface area contributed by atoms with Crippen molar-refractivity contribution < 1.29 is 23.8 Å². The number of rotatable bonds is 9. The van der Waals surface area contributed by atoms with E-state index in [1.54, 1.807) is 7.11 Å². The zero-order valence-electron chi connectivity index (χ0n) is 18.8. The van der Waals surface area contributed by atoms with E-state index in [1.807, 2.05) is 66.7 Å². The van der Waals surface area contributed by atoms with Crippen LogP contribution in [0.5, 0.6) is 5.75 Å². The number of hydrogen-bond acceptors (Lipinski definition) is 6. The van der Waals surface area contributed by atoms with Crippen molar-refractivity contribution in [3.63, 3.8) is 0 Å². The number of nitrogens with zero attached hydrogens (tertiary/aromatic N) is 1. The van der Waals surface area contributed by atoms with Crippen LogP contribution in [0.4, 0.5) is 0 Å². The van der Waals surface area contributed by atoms with Gasteiger partial charge in [0.1, 0.15) is 5.75 Å². The maximum atomic E-state index is 12.5. The number of carbonyl (C=O) groups excluding carboxylic acids is 1. The second-order valence-electron chi connectivity index (χ2n) is 8.00. The van der Waals surface area contributed by atoms with Gasteiger partial charge in [-0.3, -0.25) is 0 Å². The molecule has 6 nitrogen and oxygen atoms in total. The highest BCUT2D eigenvalue weighted by atomic mass is 16.7. The molecule has 33 heavy (non-hydrogen) atoms. The highest BCUT2D eigenvalue weighted by Crippen LogP contribution is 2.30. The molecular formula is C27H27NO5. The Labute approximate surface area is 193 Å². The largest absolute Gasteiger partial charge is 0.497 e. The zero-order chi connectivity index (χ0) is 23.1. The Hall–Kier alpha value is -3.64. The molecule has 0 spiro atoms. The van der Waals surface area contributed by atoms with Gasteiger partial charge >= 0.3 is 5.97 Å². The quantitative estimate of drug-likeness (QED) is 0.442. The van der Waals surface area contributed by atoms with E-state index in [4.69, 9.17) is 19.0 Å². The third-order valence-corrected chi connectivity index (χ3v) is 5.62. The lowest BCUT2D eigenvalue weighted by Crippen LogP contribution is -2.42. The second-order valence-corrected chi connectivity index (χ2v) is 8.00. The van der Waals surface area contributed by atoms with E-state index >= 15 is 0 Å². The monoisotopic (exact) mass is 445 g/mol. The molecule has 0 radical (unpaired) electrons. The van der Waals surface area contributed by atoms with E-state index in [0.717, 1.165) is 28.0 Å². The molecule has 0 saturated heterocycles. The molecule has 0 amide bonds. The molecule has 3 aromatic rings. The molecule has 0 saturated carbocycles. The van der Waals surface area contributed by atoms with Gasteiger partial charge in [-0.15, -0.1) is 0 Å². The number of methoxy groups -OCH3 is 2. The molecule has 1 aliphatic heterocycles. The van der Waals surface area contributed by atoms with Crippen molar-refractivity contribution in [3.05, 3.63) is 90.0 Å². The van der Waals surface area contributed by atoms with Gasteiger partial charge < -0.3 is 19.0 Å². The third kappa shape index (κ3) is 5.41. The van der Waals surface area contributed by atoms with Crippen molar-refractivity contribution in [2.45, 2.75) is 25.0 Å². The topological polar surface area (TPSA) is 66.4 Å². The third-order valence-electron chi connectivity index (χ3n) is 5.62. The molecule has 1 heterocycles. The smallest absolute Gasteiger partial charge is 0.353 e. The summed E-state index contributed by atoms with van der Waals surface area (Å²) in [5.74, 6) is 0.394. The summed E-state index contributed by atoms with van der Waals surface area (Å²) in [4.78, 5) is 18.2. The summed E-state index contributed by atoms with van der Waals surface area (Å²) in [6.07, 6.45) is 0.720. The Kier molecular flexibility index (Phi) is 7.05. The van der Waals surface area contributed by atoms with Gasteiger partial charge in [-0.2, -0.15) is 0 Å². The average Bonchev–Trinajstić information content (AvgIpc) is 3.28. The highest BCUT2D eigenvalue weighted by Gasteiger charge is 2.47. The minimum Gasteiger partial charge on any atom is -0.497 e. The van der Waals surface area contributed by atoms with Crippen molar-refractivity contribution in [1.82, 2.24) is 0 Å². The molecule has 0 aliphatic carbocycles. The summed E-state index contributed by atoms with van der Waals surface area (Å²) in [6, 6.07) is 25.9. The Bertz CT molecular complexity index is 1110. The van der Waals surface area contributed by atoms with E-state index in [9.17, 15) is 4.79 Å². The van der Waals surface area contributed by atoms with Gasteiger partial charge in [0.2, 0.25) is 5.60 Å². The number of carbonyl (C=O) groups is 1. The van der Waals surface area contributed by atoms with Crippen LogP contribution in [0.2, 0.25) is 0 Å². The van der Waals surface area contributed by atoms with Crippen molar-refractivity contribution in [3.8, 4) is 16.9 Å². The molecule has 6 heteroatoms. The van der Waals surface area contributed by atoms with Gasteiger partial charge in [-0.25, -0.2) is 4.79 Å². The average molecular weight is 446 g/mol. The van der Waals surface area contributed by atoms with Crippen LogP contribution >= 0.6 is 0 Å². The van der Waals surface area contributed by atoms with Gasteiger partial charge in [0.25, 0.3) is 0 Å². The minimum absolute atomic E-state index is 0.278. The molecule has 1 unspecified atom stereocenters. The van der Waals surface area contributed by atoms with E-state index in [0.29, 0.717) is 25.2 Å². The molecule has 0 fully saturated rings. The normalized spacial score (nSPS) is 17.2. The number of hydrogen-bond donors (Lipinski definition) is 0. The minimum atomic E-state index is -1.15. The van der Waals surface area contributed by atoms with Crippen molar-refractivity contribution in [2.75, 3.05) is 20.8 Å². The summed E-state index contributed by atoms with van der Waals surface area (Å²) >= 11 is 0. The van der Waals surface area contributed by atoms with E-state index in [-0.39, 0.29) is 6.61 Å². The maximum Gasteiger partial charge on any atom is 0.353 e. The standard InChI is InChI=1S/C27H27NO5/c1-30-25-13-11-22(12-14-25)23-10-6-9-21(15-23)18-32-19-24-17-27(33-28-24,26(29)31-2)16-20-7-4-3-5-8-20/h3-15H,16-19H2,1-2H3. The van der Waals surface area contributed by atoms with Gasteiger partial charge in [0.15, 0.2) is 0 Å². The summed E-state index contributed by atoms with van der Waals surface area (Å²) in [6.45, 7) is 0.702. The van der Waals surface area contributed by atoms with Gasteiger partial charge in [-0.1, -0.05) is 65.8 Å². The molecule has 170 valence electrons. The predicted octanol–water partition coefficient (Wildman–Crippen LogP) is 4.81. The lowest BCUT2D eigenvalue weighted by molar-refractivity contribution is -0.166. The SMILES string of the molecule is COC(=O)C1(Cc2ccccc2)CC(COCc2cccc(-c3ccc(OC)cc3)c2)=NO1. The predicted molar refractivity (Wildman–Crippen MR) is 126 cm³/mol. The Morgan fingerprint density at radius 2 is 1.67 bits per heavy atom. The first-order chi connectivity index (χ1) is 16.1. The van der Waals surface area contributed by atoms with Crippen LogP contribution in [0.25, 0.3) is 11.1 Å². The molecule has 1 aliphatic rings. The first kappa shape index (κ1) is 22.6. The van der Waals surface area contributed by atoms with Crippen LogP contribution in [-0.2, 0) is 32.1 Å². The highest BCUT2D eigenvalue weighted by molar-refractivity contribution is 5.94. The van der Waals surface area contributed by atoms with Crippen molar-refractivity contribution in [2.24, 2.45) is 5.16 Å². The van der Waals surface area contributed by atoms with Crippen LogP contribution in [0.3, 0.4) is 0 Å². The van der Waals surface area contributed by atoms with E-state index < -0.39 is 11.6 Å². The second kappa shape index (κ2) is 10.3. The van der Waals surface area contributed by atoms with Crippen LogP contribution in [-0.4, -0.2) is 38.1 Å². The van der Waals surface area contributed by atoms with E-state index in [2.05, 4.69) is 17.3 Å². The molecule has 3 aromatic carbocycles. The van der Waals surface area contributed by atoms with Gasteiger partial charge in [0, 0.05) is 12.8 Å². The first-order valence-corrected chi connectivity index (χ1v) is 10.8. The van der Waals surface area contributed by atoms with Crippen LogP contribution in [0.1, 0.15) is 17.5 Å². The summed E-state index contributed by atoms with van der Waals surface area (Å²) in [5.41, 5.74) is 3.77. The molecule has 0 aromatic heterocycles. The molecular weight excluding hydrogens is 418 g/mol. The fourth-order valence-electron chi connectivity index (χ4n) is 3.92. The van der Waals surface area contributed by atoms with Crippen LogP contribution in [0, 0.1) is 0 Å². The van der Waals surface area contributed by atoms with Gasteiger partial charge in [-0.05, 0) is 40.5 Å². The Morgan fingerprint density at radius 3 is 2.39 bits per heavy atom. The van der Waals surface area contributed by atoms with Crippen molar-refractivity contribution >= 4 is 11.7 Å². The fraction of sp³-hybridized carbons (Fsp3) is 0.259. The molecule has 1 atom stereocenters. The van der Waals surface area contributed by atoms with Crippen molar-refractivity contribution in [1.29, 1.82) is 0 Å². The molecule has 0 bridgehead atoms. The van der Waals surface area contributed by atoms with Crippen LogP contribution in [0.15, 0.2) is 84.0 Å². The summed E-state index contributed by atoms with van der Waals surface area (Å²) in [5, 5.41) is 4.15. The fourth-order valence-corrected chi connectivity index (χ4v) is 3.92. The van der Waals surface area contributed by atoms with Crippen LogP contribution < -0.4 is 4.74 Å². The lowest BCUT2D eigenvalue weighted by Gasteiger charge is -2.23. The lowest BCUT2D eigenvalue weighted by atomic mass is 9.90. The van der Waals surface area contributed by atoms with E-state index in [1.165, 1.54) is 7.11 Å². The first-order valence-electron chi connectivity index (χ1n) is 10.8. The Balaban J connectivity index is 1.35. The maximum absolute atomic E-state index is 12.5. The number of ether oxygens (including phenoxy) is 3. The summed E-state index contributed by atoms with van der Waals surface area (Å²) < 4.78 is 16.2. The molecule has 4 rings (SSSR count). The number of esters is 1. The number of benzene rings is 3. The molecule has 0 N–H and O–H groups in total. The van der Waals surface area contributed by atoms with Gasteiger partial charge in [0.05, 0.1) is 33.1 Å². The zero-order valence-corrected chi connectivity index (χ0v) is 18.8.